The van der Waals surface area contributed by atoms with E-state index in [0.717, 1.165) is 25.4 Å². The van der Waals surface area contributed by atoms with Crippen LogP contribution in [0.5, 0.6) is 0 Å². The molecule has 2 aliphatic rings. The number of nitrogens with two attached hydrogens (primary N) is 1. The van der Waals surface area contributed by atoms with Gasteiger partial charge in [-0.2, -0.15) is 0 Å². The first-order valence-electron chi connectivity index (χ1n) is 4.95. The first kappa shape index (κ1) is 8.81. The van der Waals surface area contributed by atoms with Crippen LogP contribution >= 0.6 is 0 Å². The lowest BCUT2D eigenvalue weighted by Crippen LogP contribution is -2.51. The number of rotatable bonds is 1. The Morgan fingerprint density at radius 2 is 2.23 bits per heavy atom. The van der Waals surface area contributed by atoms with E-state index in [1.165, 1.54) is 12.8 Å². The van der Waals surface area contributed by atoms with Crippen molar-refractivity contribution in [3.05, 3.63) is 0 Å². The fourth-order valence-electron chi connectivity index (χ4n) is 2.52. The van der Waals surface area contributed by atoms with E-state index in [-0.39, 0.29) is 12.2 Å². The number of carbonyl (C=O) groups excluding carboxylic acids is 1. The largest absolute Gasteiger partial charge is 0.351 e. The standard InChI is InChI=1S/C9H17N3O/c1-11(9(10)13)8-3-2-7-4-5-12(8)6-7/h7-8H,2-6H2,1H3,(H2,10,13). The second-order valence-corrected chi connectivity index (χ2v) is 4.16. The molecule has 2 N–H and O–H groups in total. The summed E-state index contributed by atoms with van der Waals surface area (Å²) in [6.45, 7) is 2.29. The van der Waals surface area contributed by atoms with Gasteiger partial charge >= 0.3 is 6.03 Å². The van der Waals surface area contributed by atoms with Crippen molar-refractivity contribution in [2.24, 2.45) is 11.7 Å². The third-order valence-electron chi connectivity index (χ3n) is 3.37. The van der Waals surface area contributed by atoms with Gasteiger partial charge in [-0.15, -0.1) is 0 Å². The zero-order valence-corrected chi connectivity index (χ0v) is 8.07. The summed E-state index contributed by atoms with van der Waals surface area (Å²) in [5, 5.41) is 0. The summed E-state index contributed by atoms with van der Waals surface area (Å²) in [5.74, 6) is 0.873. The molecule has 13 heavy (non-hydrogen) atoms. The fourth-order valence-corrected chi connectivity index (χ4v) is 2.52. The number of urea groups is 1. The molecular weight excluding hydrogens is 166 g/mol. The summed E-state index contributed by atoms with van der Waals surface area (Å²) < 4.78 is 0. The number of amides is 2. The molecular formula is C9H17N3O. The minimum absolute atomic E-state index is 0.260. The lowest BCUT2D eigenvalue weighted by molar-refractivity contribution is 0.0718. The third kappa shape index (κ3) is 1.50. The second-order valence-electron chi connectivity index (χ2n) is 4.16. The average Bonchev–Trinajstić information content (AvgIpc) is 2.47. The highest BCUT2D eigenvalue weighted by molar-refractivity contribution is 5.71. The first-order chi connectivity index (χ1) is 6.18. The molecule has 2 bridgehead atoms. The normalized spacial score (nSPS) is 37.5. The maximum Gasteiger partial charge on any atom is 0.315 e. The molecule has 0 aromatic rings. The van der Waals surface area contributed by atoms with Crippen LogP contribution in [0.2, 0.25) is 0 Å². The zero-order chi connectivity index (χ0) is 9.42. The Hall–Kier alpha value is -0.770. The van der Waals surface area contributed by atoms with E-state index in [1.54, 1.807) is 11.9 Å². The first-order valence-corrected chi connectivity index (χ1v) is 4.95. The highest BCUT2D eigenvalue weighted by atomic mass is 16.2. The Morgan fingerprint density at radius 3 is 2.92 bits per heavy atom. The molecule has 4 nitrogen and oxygen atoms in total. The van der Waals surface area contributed by atoms with Crippen molar-refractivity contribution < 1.29 is 4.79 Å². The molecule has 2 fully saturated rings. The van der Waals surface area contributed by atoms with Gasteiger partial charge in [0.1, 0.15) is 0 Å². The van der Waals surface area contributed by atoms with Crippen LogP contribution < -0.4 is 5.73 Å². The summed E-state index contributed by atoms with van der Waals surface area (Å²) in [7, 11) is 1.80. The number of nitrogens with zero attached hydrogens (tertiary/aromatic N) is 2. The molecule has 3 atom stereocenters. The summed E-state index contributed by atoms with van der Waals surface area (Å²) in [5.41, 5.74) is 5.26. The van der Waals surface area contributed by atoms with Crippen LogP contribution in [0.3, 0.4) is 0 Å². The summed E-state index contributed by atoms with van der Waals surface area (Å²) in [6, 6.07) is -0.310. The molecule has 0 aromatic heterocycles. The molecule has 2 saturated heterocycles. The highest BCUT2D eigenvalue weighted by Gasteiger charge is 2.36. The lowest BCUT2D eigenvalue weighted by atomic mass is 9.99. The van der Waals surface area contributed by atoms with Crippen LogP contribution in [0, 0.1) is 5.92 Å². The molecule has 0 saturated carbocycles. The number of fused-ring (bicyclic) bond motifs is 2. The Balaban J connectivity index is 2.03. The maximum atomic E-state index is 11.0. The van der Waals surface area contributed by atoms with Gasteiger partial charge in [-0.3, -0.25) is 4.90 Å². The molecule has 0 radical (unpaired) electrons. The highest BCUT2D eigenvalue weighted by Crippen LogP contribution is 2.31. The molecule has 2 aliphatic heterocycles. The van der Waals surface area contributed by atoms with Crippen molar-refractivity contribution in [3.8, 4) is 0 Å². The fraction of sp³-hybridized carbons (Fsp3) is 0.889. The van der Waals surface area contributed by atoms with Crippen molar-refractivity contribution in [2.45, 2.75) is 25.4 Å². The average molecular weight is 183 g/mol. The van der Waals surface area contributed by atoms with Gasteiger partial charge in [-0.25, -0.2) is 4.79 Å². The number of carbonyl (C=O) groups is 1. The van der Waals surface area contributed by atoms with Crippen molar-refractivity contribution in [2.75, 3.05) is 20.1 Å². The zero-order valence-electron chi connectivity index (χ0n) is 8.07. The molecule has 3 unspecified atom stereocenters. The van der Waals surface area contributed by atoms with E-state index in [9.17, 15) is 4.79 Å². The molecule has 2 heterocycles. The van der Waals surface area contributed by atoms with Crippen LogP contribution in [0.4, 0.5) is 4.79 Å². The van der Waals surface area contributed by atoms with Crippen LogP contribution in [-0.4, -0.2) is 42.1 Å². The Bertz CT molecular complexity index is 219. The summed E-state index contributed by atoms with van der Waals surface area (Å²) in [4.78, 5) is 15.0. The minimum Gasteiger partial charge on any atom is -0.351 e. The number of hydrogen-bond donors (Lipinski definition) is 1. The maximum absolute atomic E-state index is 11.0. The predicted octanol–water partition coefficient (Wildman–Crippen LogP) is 0.439. The van der Waals surface area contributed by atoms with E-state index in [0.29, 0.717) is 0 Å². The van der Waals surface area contributed by atoms with Crippen molar-refractivity contribution >= 4 is 6.03 Å². The van der Waals surface area contributed by atoms with Gasteiger partial charge < -0.3 is 10.6 Å². The molecule has 2 rings (SSSR count). The lowest BCUT2D eigenvalue weighted by Gasteiger charge is -2.37. The number of hydrogen-bond acceptors (Lipinski definition) is 2. The third-order valence-corrected chi connectivity index (χ3v) is 3.37. The van der Waals surface area contributed by atoms with Crippen molar-refractivity contribution in [3.63, 3.8) is 0 Å². The molecule has 4 heteroatoms. The quantitative estimate of drug-likeness (QED) is 0.641. The monoisotopic (exact) mass is 183 g/mol. The molecule has 2 amide bonds. The van der Waals surface area contributed by atoms with E-state index >= 15 is 0 Å². The van der Waals surface area contributed by atoms with Gasteiger partial charge in [0.2, 0.25) is 0 Å². The van der Waals surface area contributed by atoms with Gasteiger partial charge in [-0.1, -0.05) is 0 Å². The topological polar surface area (TPSA) is 49.6 Å². The Kier molecular flexibility index (Phi) is 2.15. The minimum atomic E-state index is -0.310. The molecule has 0 aliphatic carbocycles. The van der Waals surface area contributed by atoms with Crippen LogP contribution in [-0.2, 0) is 0 Å². The molecule has 74 valence electrons. The Morgan fingerprint density at radius 1 is 1.46 bits per heavy atom. The number of piperidine rings is 1. The van der Waals surface area contributed by atoms with Crippen LogP contribution in [0.15, 0.2) is 0 Å². The summed E-state index contributed by atoms with van der Waals surface area (Å²) >= 11 is 0. The van der Waals surface area contributed by atoms with Crippen LogP contribution in [0.25, 0.3) is 0 Å². The molecule has 0 aromatic carbocycles. The van der Waals surface area contributed by atoms with E-state index in [2.05, 4.69) is 4.90 Å². The SMILES string of the molecule is CN(C(N)=O)C1CCC2CCN1C2. The van der Waals surface area contributed by atoms with Crippen molar-refractivity contribution in [1.29, 1.82) is 0 Å². The van der Waals surface area contributed by atoms with E-state index < -0.39 is 0 Å². The Labute approximate surface area is 78.7 Å². The van der Waals surface area contributed by atoms with Gasteiger partial charge in [0.15, 0.2) is 0 Å². The van der Waals surface area contributed by atoms with Gasteiger partial charge in [0, 0.05) is 20.1 Å². The van der Waals surface area contributed by atoms with Crippen molar-refractivity contribution in [1.82, 2.24) is 9.80 Å². The predicted molar refractivity (Wildman–Crippen MR) is 50.0 cm³/mol. The molecule has 0 spiro atoms. The van der Waals surface area contributed by atoms with Gasteiger partial charge in [0.05, 0.1) is 6.17 Å². The van der Waals surface area contributed by atoms with Gasteiger partial charge in [-0.05, 0) is 25.2 Å². The van der Waals surface area contributed by atoms with Gasteiger partial charge in [0.25, 0.3) is 0 Å². The smallest absolute Gasteiger partial charge is 0.315 e. The van der Waals surface area contributed by atoms with E-state index in [1.807, 2.05) is 0 Å². The second kappa shape index (κ2) is 3.18. The number of primary amides is 1. The van der Waals surface area contributed by atoms with E-state index in [4.69, 9.17) is 5.73 Å². The van der Waals surface area contributed by atoms with Crippen LogP contribution in [0.1, 0.15) is 19.3 Å². The summed E-state index contributed by atoms with van der Waals surface area (Å²) in [6.07, 6.45) is 3.89.